The van der Waals surface area contributed by atoms with E-state index in [2.05, 4.69) is 5.32 Å². The highest BCUT2D eigenvalue weighted by molar-refractivity contribution is 5.94. The molecule has 1 rings (SSSR count). The van der Waals surface area contributed by atoms with Gasteiger partial charge in [-0.05, 0) is 33.0 Å². The molecule has 0 saturated heterocycles. The zero-order chi connectivity index (χ0) is 12.8. The van der Waals surface area contributed by atoms with E-state index in [-0.39, 0.29) is 11.1 Å². The molecule has 0 saturated carbocycles. The van der Waals surface area contributed by atoms with Gasteiger partial charge < -0.3 is 5.32 Å². The van der Waals surface area contributed by atoms with E-state index < -0.39 is 17.4 Å². The summed E-state index contributed by atoms with van der Waals surface area (Å²) in [6.07, 6.45) is 4.07. The first-order chi connectivity index (χ1) is 8.06. The van der Waals surface area contributed by atoms with Crippen molar-refractivity contribution in [2.75, 3.05) is 13.6 Å². The number of rotatable bonds is 5. The Morgan fingerprint density at radius 2 is 2.06 bits per heavy atom. The number of benzene rings is 1. The Hall–Kier alpha value is -1.55. The molecular formula is C13H15F2NO. The Kier molecular flexibility index (Phi) is 4.97. The summed E-state index contributed by atoms with van der Waals surface area (Å²) in [7, 11) is 1.82. The molecule has 0 aliphatic heterocycles. The average Bonchev–Trinajstić information content (AvgIpc) is 2.26. The molecule has 0 unspecified atom stereocenters. The summed E-state index contributed by atoms with van der Waals surface area (Å²) < 4.78 is 26.6. The predicted molar refractivity (Wildman–Crippen MR) is 63.9 cm³/mol. The van der Waals surface area contributed by atoms with Gasteiger partial charge >= 0.3 is 0 Å². The highest BCUT2D eigenvalue weighted by Crippen LogP contribution is 2.17. The quantitative estimate of drug-likeness (QED) is 0.632. The fourth-order valence-electron chi connectivity index (χ4n) is 1.40. The predicted octanol–water partition coefficient (Wildman–Crippen LogP) is 2.79. The molecule has 0 fully saturated rings. The summed E-state index contributed by atoms with van der Waals surface area (Å²) in [6, 6.07) is 1.98. The molecule has 2 nitrogen and oxygen atoms in total. The van der Waals surface area contributed by atoms with Crippen molar-refractivity contribution >= 4 is 11.9 Å². The Balaban J connectivity index is 2.95. The molecule has 0 atom stereocenters. The van der Waals surface area contributed by atoms with Crippen molar-refractivity contribution in [1.29, 1.82) is 0 Å². The lowest BCUT2D eigenvalue weighted by atomic mass is 10.1. The molecule has 0 aliphatic rings. The van der Waals surface area contributed by atoms with Crippen molar-refractivity contribution in [3.05, 3.63) is 41.0 Å². The van der Waals surface area contributed by atoms with E-state index in [1.54, 1.807) is 12.2 Å². The first-order valence-electron chi connectivity index (χ1n) is 5.37. The van der Waals surface area contributed by atoms with E-state index in [0.717, 1.165) is 19.0 Å². The van der Waals surface area contributed by atoms with Gasteiger partial charge in [0.1, 0.15) is 11.6 Å². The monoisotopic (exact) mass is 239 g/mol. The van der Waals surface area contributed by atoms with E-state index in [0.29, 0.717) is 0 Å². The third-order valence-electron chi connectivity index (χ3n) is 2.32. The van der Waals surface area contributed by atoms with E-state index in [4.69, 9.17) is 0 Å². The molecule has 0 amide bonds. The van der Waals surface area contributed by atoms with Crippen LogP contribution in [0.15, 0.2) is 18.2 Å². The van der Waals surface area contributed by atoms with Crippen LogP contribution in [0.1, 0.15) is 29.3 Å². The second kappa shape index (κ2) is 6.25. The number of ketones is 1. The second-order valence-corrected chi connectivity index (χ2v) is 3.70. The first-order valence-corrected chi connectivity index (χ1v) is 5.37. The lowest BCUT2D eigenvalue weighted by molar-refractivity contribution is 0.101. The van der Waals surface area contributed by atoms with Gasteiger partial charge in [0.15, 0.2) is 5.78 Å². The zero-order valence-corrected chi connectivity index (χ0v) is 9.89. The first kappa shape index (κ1) is 13.5. The number of halogens is 2. The van der Waals surface area contributed by atoms with Crippen LogP contribution in [0, 0.1) is 11.6 Å². The molecule has 0 radical (unpaired) electrons. The van der Waals surface area contributed by atoms with Crippen molar-refractivity contribution in [3.63, 3.8) is 0 Å². The number of nitrogens with one attached hydrogen (secondary N) is 1. The van der Waals surface area contributed by atoms with E-state index >= 15 is 0 Å². The maximum absolute atomic E-state index is 13.4. The molecular weight excluding hydrogens is 224 g/mol. The van der Waals surface area contributed by atoms with Crippen LogP contribution >= 0.6 is 0 Å². The minimum absolute atomic E-state index is 0.0836. The number of carbonyl (C=O) groups excluding carboxylic acids is 1. The summed E-state index contributed by atoms with van der Waals surface area (Å²) in [5.41, 5.74) is 0.146. The minimum Gasteiger partial charge on any atom is -0.319 e. The molecule has 0 aliphatic carbocycles. The third kappa shape index (κ3) is 3.75. The van der Waals surface area contributed by atoms with Gasteiger partial charge in [0.2, 0.25) is 0 Å². The Morgan fingerprint density at radius 3 is 2.65 bits per heavy atom. The van der Waals surface area contributed by atoms with Crippen LogP contribution < -0.4 is 5.32 Å². The van der Waals surface area contributed by atoms with Gasteiger partial charge in [-0.3, -0.25) is 4.79 Å². The van der Waals surface area contributed by atoms with Gasteiger partial charge in [0.05, 0.1) is 5.56 Å². The van der Waals surface area contributed by atoms with Crippen LogP contribution in [-0.4, -0.2) is 19.4 Å². The molecule has 17 heavy (non-hydrogen) atoms. The van der Waals surface area contributed by atoms with Crippen molar-refractivity contribution < 1.29 is 13.6 Å². The number of carbonyl (C=O) groups is 1. The molecule has 4 heteroatoms. The van der Waals surface area contributed by atoms with Crippen LogP contribution in [0.2, 0.25) is 0 Å². The number of Topliss-reactive ketones (excluding diaryl/α,β-unsaturated/α-hetero) is 1. The summed E-state index contributed by atoms with van der Waals surface area (Å²) in [4.78, 5) is 11.1. The van der Waals surface area contributed by atoms with Crippen LogP contribution in [0.25, 0.3) is 6.08 Å². The summed E-state index contributed by atoms with van der Waals surface area (Å²) in [5, 5.41) is 2.95. The molecule has 0 heterocycles. The normalized spacial score (nSPS) is 11.1. The molecule has 1 aromatic rings. The SMILES string of the molecule is CNCCC=Cc1cc(C(C)=O)c(F)cc1F. The van der Waals surface area contributed by atoms with Crippen molar-refractivity contribution in [2.45, 2.75) is 13.3 Å². The Morgan fingerprint density at radius 1 is 1.35 bits per heavy atom. The van der Waals surface area contributed by atoms with Crippen LogP contribution in [0.3, 0.4) is 0 Å². The number of hydrogen-bond acceptors (Lipinski definition) is 2. The third-order valence-corrected chi connectivity index (χ3v) is 2.32. The van der Waals surface area contributed by atoms with Crippen molar-refractivity contribution in [2.24, 2.45) is 0 Å². The lowest BCUT2D eigenvalue weighted by Crippen LogP contribution is -2.05. The van der Waals surface area contributed by atoms with Crippen molar-refractivity contribution in [3.8, 4) is 0 Å². The molecule has 0 spiro atoms. The fraction of sp³-hybridized carbons (Fsp3) is 0.308. The van der Waals surface area contributed by atoms with Gasteiger partial charge in [-0.1, -0.05) is 12.2 Å². The maximum atomic E-state index is 13.4. The second-order valence-electron chi connectivity index (χ2n) is 3.70. The lowest BCUT2D eigenvalue weighted by Gasteiger charge is -2.02. The van der Waals surface area contributed by atoms with Crippen LogP contribution in [-0.2, 0) is 0 Å². The average molecular weight is 239 g/mol. The summed E-state index contributed by atoms with van der Waals surface area (Å²) in [6.45, 7) is 2.03. The summed E-state index contributed by atoms with van der Waals surface area (Å²) >= 11 is 0. The van der Waals surface area contributed by atoms with E-state index in [1.165, 1.54) is 13.0 Å². The van der Waals surface area contributed by atoms with Gasteiger partial charge in [-0.15, -0.1) is 0 Å². The van der Waals surface area contributed by atoms with E-state index in [1.807, 2.05) is 7.05 Å². The van der Waals surface area contributed by atoms with E-state index in [9.17, 15) is 13.6 Å². The molecule has 1 N–H and O–H groups in total. The maximum Gasteiger partial charge on any atom is 0.162 e. The van der Waals surface area contributed by atoms with Gasteiger partial charge in [-0.25, -0.2) is 8.78 Å². The smallest absolute Gasteiger partial charge is 0.162 e. The van der Waals surface area contributed by atoms with Crippen molar-refractivity contribution in [1.82, 2.24) is 5.32 Å². The fourth-order valence-corrected chi connectivity index (χ4v) is 1.40. The highest BCUT2D eigenvalue weighted by Gasteiger charge is 2.11. The molecule has 92 valence electrons. The van der Waals surface area contributed by atoms with Gasteiger partial charge in [0, 0.05) is 11.6 Å². The largest absolute Gasteiger partial charge is 0.319 e. The van der Waals surface area contributed by atoms with Gasteiger partial charge in [-0.2, -0.15) is 0 Å². The molecule has 0 bridgehead atoms. The summed E-state index contributed by atoms with van der Waals surface area (Å²) in [5.74, 6) is -1.89. The van der Waals surface area contributed by atoms with Crippen LogP contribution in [0.5, 0.6) is 0 Å². The minimum atomic E-state index is -0.817. The highest BCUT2D eigenvalue weighted by atomic mass is 19.1. The van der Waals surface area contributed by atoms with Crippen LogP contribution in [0.4, 0.5) is 8.78 Å². The molecule has 1 aromatic carbocycles. The Labute approximate surface area is 99.3 Å². The topological polar surface area (TPSA) is 29.1 Å². The zero-order valence-electron chi connectivity index (χ0n) is 9.89. The van der Waals surface area contributed by atoms with Gasteiger partial charge in [0.25, 0.3) is 0 Å². The molecule has 0 aromatic heterocycles. The Bertz CT molecular complexity index is 441. The number of hydrogen-bond donors (Lipinski definition) is 1. The standard InChI is InChI=1S/C13H15F2NO/c1-9(17)11-7-10(5-3-4-6-16-2)12(14)8-13(11)15/h3,5,7-8,16H,4,6H2,1-2H3.